The second kappa shape index (κ2) is 1.50. The third-order valence-electron chi connectivity index (χ3n) is 1.64. The van der Waals surface area contributed by atoms with Gasteiger partial charge in [-0.3, -0.25) is 4.98 Å². The van der Waals surface area contributed by atoms with Crippen LogP contribution >= 0.6 is 0 Å². The van der Waals surface area contributed by atoms with Crippen molar-refractivity contribution in [1.82, 2.24) is 4.98 Å². The van der Waals surface area contributed by atoms with Gasteiger partial charge in [-0.2, -0.15) is 0 Å². The number of oxazole rings is 1. The minimum absolute atomic E-state index is 0.306. The van der Waals surface area contributed by atoms with Crippen LogP contribution in [0, 0.1) is 0 Å². The van der Waals surface area contributed by atoms with Crippen molar-refractivity contribution >= 4 is 0 Å². The number of fused-ring (bicyclic) bond motifs is 1. The van der Waals surface area contributed by atoms with Crippen LogP contribution in [-0.4, -0.2) is 4.98 Å². The van der Waals surface area contributed by atoms with Gasteiger partial charge in [0.25, 0.3) is 0 Å². The maximum atomic E-state index is 10.5. The number of H-pyrrole nitrogens is 1. The number of nitrogens with one attached hydrogen (secondary N) is 1. The number of hydrogen-bond donors (Lipinski definition) is 1. The molecule has 0 saturated carbocycles. The van der Waals surface area contributed by atoms with Gasteiger partial charge in [-0.1, -0.05) is 0 Å². The highest BCUT2D eigenvalue weighted by Crippen LogP contribution is 2.16. The van der Waals surface area contributed by atoms with Crippen molar-refractivity contribution in [3.05, 3.63) is 22.0 Å². The highest BCUT2D eigenvalue weighted by Gasteiger charge is 2.15. The normalized spacial score (nSPS) is 16.0. The fourth-order valence-corrected chi connectivity index (χ4v) is 1.22. The summed E-state index contributed by atoms with van der Waals surface area (Å²) in [5.41, 5.74) is 1.00. The van der Waals surface area contributed by atoms with Crippen molar-refractivity contribution < 1.29 is 4.42 Å². The maximum absolute atomic E-state index is 10.5. The molecule has 1 heterocycles. The highest BCUT2D eigenvalue weighted by molar-refractivity contribution is 5.12. The average molecular weight is 125 g/mol. The quantitative estimate of drug-likeness (QED) is 0.547. The van der Waals surface area contributed by atoms with E-state index >= 15 is 0 Å². The molecule has 1 aliphatic rings. The predicted octanol–water partition coefficient (Wildman–Crippen LogP) is 0.457. The summed E-state index contributed by atoms with van der Waals surface area (Å²) in [5.74, 6) is 0.555. The molecule has 0 fully saturated rings. The summed E-state index contributed by atoms with van der Waals surface area (Å²) in [6.45, 7) is 0. The van der Waals surface area contributed by atoms with Gasteiger partial charge in [0.2, 0.25) is 0 Å². The molecule has 0 spiro atoms. The lowest BCUT2D eigenvalue weighted by Gasteiger charge is -1.76. The van der Waals surface area contributed by atoms with E-state index in [2.05, 4.69) is 4.98 Å². The molecular formula is C6H7NO2. The molecule has 0 radical (unpaired) electrons. The molecule has 1 aliphatic carbocycles. The molecule has 9 heavy (non-hydrogen) atoms. The molecule has 0 unspecified atom stereocenters. The molecule has 3 heteroatoms. The minimum Gasteiger partial charge on any atom is -0.413 e. The standard InChI is InChI=1S/C6H7NO2/c8-6-7-4-2-1-3-5(4)9-6/h1-3H2,(H,7,8). The Hall–Kier alpha value is -0.990. The summed E-state index contributed by atoms with van der Waals surface area (Å²) in [6.07, 6.45) is 3.01. The lowest BCUT2D eigenvalue weighted by atomic mass is 10.4. The van der Waals surface area contributed by atoms with Crippen LogP contribution in [0.2, 0.25) is 0 Å². The summed E-state index contributed by atoms with van der Waals surface area (Å²) in [6, 6.07) is 0. The van der Waals surface area contributed by atoms with Gasteiger partial charge in [-0.15, -0.1) is 0 Å². The van der Waals surface area contributed by atoms with Crippen LogP contribution in [0.3, 0.4) is 0 Å². The monoisotopic (exact) mass is 125 g/mol. The van der Waals surface area contributed by atoms with Crippen LogP contribution in [0.5, 0.6) is 0 Å². The van der Waals surface area contributed by atoms with Crippen molar-refractivity contribution in [2.75, 3.05) is 0 Å². The molecule has 0 aromatic carbocycles. The van der Waals surface area contributed by atoms with Gasteiger partial charge in [-0.05, 0) is 12.8 Å². The molecule has 0 amide bonds. The van der Waals surface area contributed by atoms with E-state index in [-0.39, 0.29) is 5.76 Å². The van der Waals surface area contributed by atoms with Crippen molar-refractivity contribution in [1.29, 1.82) is 0 Å². The SMILES string of the molecule is O=c1[nH]c2c(o1)CCC2. The summed E-state index contributed by atoms with van der Waals surface area (Å²) in [7, 11) is 0. The second-order valence-corrected chi connectivity index (χ2v) is 2.27. The van der Waals surface area contributed by atoms with Gasteiger partial charge in [0.15, 0.2) is 0 Å². The van der Waals surface area contributed by atoms with Gasteiger partial charge in [0, 0.05) is 6.42 Å². The predicted molar refractivity (Wildman–Crippen MR) is 31.4 cm³/mol. The molecule has 0 bridgehead atoms. The van der Waals surface area contributed by atoms with E-state index in [4.69, 9.17) is 4.42 Å². The van der Waals surface area contributed by atoms with Crippen LogP contribution in [-0.2, 0) is 12.8 Å². The van der Waals surface area contributed by atoms with Gasteiger partial charge >= 0.3 is 5.76 Å². The van der Waals surface area contributed by atoms with Crippen molar-refractivity contribution in [2.24, 2.45) is 0 Å². The second-order valence-electron chi connectivity index (χ2n) is 2.27. The number of rotatable bonds is 0. The van der Waals surface area contributed by atoms with Crippen LogP contribution in [0.1, 0.15) is 17.9 Å². The molecule has 48 valence electrons. The molecular weight excluding hydrogens is 118 g/mol. The average Bonchev–Trinajstić information content (AvgIpc) is 2.22. The van der Waals surface area contributed by atoms with E-state index in [9.17, 15) is 4.79 Å². The van der Waals surface area contributed by atoms with Gasteiger partial charge in [-0.25, -0.2) is 4.79 Å². The van der Waals surface area contributed by atoms with Crippen LogP contribution in [0.4, 0.5) is 0 Å². The van der Waals surface area contributed by atoms with E-state index in [1.54, 1.807) is 0 Å². The summed E-state index contributed by atoms with van der Waals surface area (Å²) in [5, 5.41) is 0. The van der Waals surface area contributed by atoms with Crippen molar-refractivity contribution in [3.8, 4) is 0 Å². The molecule has 1 N–H and O–H groups in total. The smallest absolute Gasteiger partial charge is 0.413 e. The van der Waals surface area contributed by atoms with Gasteiger partial charge in [0.05, 0.1) is 5.69 Å². The fraction of sp³-hybridized carbons (Fsp3) is 0.500. The van der Waals surface area contributed by atoms with Crippen LogP contribution < -0.4 is 5.76 Å². The zero-order valence-electron chi connectivity index (χ0n) is 4.94. The van der Waals surface area contributed by atoms with Crippen LogP contribution in [0.25, 0.3) is 0 Å². The Labute approximate surface area is 51.7 Å². The number of aryl methyl sites for hydroxylation is 2. The molecule has 0 atom stereocenters. The molecule has 2 rings (SSSR count). The van der Waals surface area contributed by atoms with Crippen LogP contribution in [0.15, 0.2) is 9.21 Å². The summed E-state index contributed by atoms with van der Waals surface area (Å²) < 4.78 is 4.81. The van der Waals surface area contributed by atoms with Crippen molar-refractivity contribution in [3.63, 3.8) is 0 Å². The largest absolute Gasteiger partial charge is 0.416 e. The lowest BCUT2D eigenvalue weighted by molar-refractivity contribution is 0.471. The zero-order chi connectivity index (χ0) is 6.27. The Balaban J connectivity index is 2.64. The first-order chi connectivity index (χ1) is 4.36. The first-order valence-electron chi connectivity index (χ1n) is 3.07. The highest BCUT2D eigenvalue weighted by atomic mass is 16.4. The topological polar surface area (TPSA) is 46.0 Å². The minimum atomic E-state index is -0.306. The van der Waals surface area contributed by atoms with E-state index in [1.165, 1.54) is 0 Å². The molecule has 0 saturated heterocycles. The number of hydrogen-bond acceptors (Lipinski definition) is 2. The Morgan fingerprint density at radius 1 is 1.44 bits per heavy atom. The third kappa shape index (κ3) is 0.608. The summed E-state index contributed by atoms with van der Waals surface area (Å²) >= 11 is 0. The molecule has 3 nitrogen and oxygen atoms in total. The van der Waals surface area contributed by atoms with Gasteiger partial charge < -0.3 is 4.42 Å². The molecule has 0 aliphatic heterocycles. The Bertz CT molecular complexity index is 246. The van der Waals surface area contributed by atoms with E-state index in [0.29, 0.717) is 0 Å². The number of aromatic nitrogens is 1. The Morgan fingerprint density at radius 3 is 3.11 bits per heavy atom. The number of aromatic amines is 1. The fourth-order valence-electron chi connectivity index (χ4n) is 1.22. The first-order valence-corrected chi connectivity index (χ1v) is 3.07. The third-order valence-corrected chi connectivity index (χ3v) is 1.64. The lowest BCUT2D eigenvalue weighted by Crippen LogP contribution is -1.96. The Morgan fingerprint density at radius 2 is 2.33 bits per heavy atom. The molecule has 1 aromatic heterocycles. The van der Waals surface area contributed by atoms with Crippen molar-refractivity contribution in [2.45, 2.75) is 19.3 Å². The van der Waals surface area contributed by atoms with E-state index in [1.807, 2.05) is 0 Å². The first kappa shape index (κ1) is 4.85. The zero-order valence-corrected chi connectivity index (χ0v) is 4.94. The van der Waals surface area contributed by atoms with Gasteiger partial charge in [0.1, 0.15) is 5.76 Å². The maximum Gasteiger partial charge on any atom is 0.416 e. The van der Waals surface area contributed by atoms with E-state index < -0.39 is 0 Å². The summed E-state index contributed by atoms with van der Waals surface area (Å²) in [4.78, 5) is 13.1. The van der Waals surface area contributed by atoms with E-state index in [0.717, 1.165) is 30.7 Å². The Kier molecular flexibility index (Phi) is 0.806. The molecule has 1 aromatic rings.